The third kappa shape index (κ3) is 3.06. The zero-order valence-electron chi connectivity index (χ0n) is 14.3. The molecule has 0 saturated carbocycles. The summed E-state index contributed by atoms with van der Waals surface area (Å²) in [5, 5.41) is 1.23. The lowest BCUT2D eigenvalue weighted by molar-refractivity contribution is -0.119. The summed E-state index contributed by atoms with van der Waals surface area (Å²) < 4.78 is 5.25. The number of carbonyl (C=O) groups excluding carboxylic acids is 3. The molecule has 3 aromatic rings. The van der Waals surface area contributed by atoms with Gasteiger partial charge in [0.1, 0.15) is 5.76 Å². The van der Waals surface area contributed by atoms with Crippen molar-refractivity contribution in [3.63, 3.8) is 0 Å². The maximum absolute atomic E-state index is 12.3. The van der Waals surface area contributed by atoms with Crippen LogP contribution in [0.3, 0.4) is 0 Å². The highest BCUT2D eigenvalue weighted by Crippen LogP contribution is 2.22. The normalized spacial score (nSPS) is 13.3. The average molecular weight is 361 g/mol. The molecule has 6 nitrogen and oxygen atoms in total. The highest BCUT2D eigenvalue weighted by Gasteiger charge is 2.35. The molecule has 0 bridgehead atoms. The van der Waals surface area contributed by atoms with Gasteiger partial charge >= 0.3 is 5.63 Å². The molecule has 0 fully saturated rings. The fourth-order valence-electron chi connectivity index (χ4n) is 3.21. The van der Waals surface area contributed by atoms with Crippen LogP contribution in [-0.2, 0) is 11.2 Å². The van der Waals surface area contributed by atoms with Crippen molar-refractivity contribution in [2.45, 2.75) is 12.8 Å². The van der Waals surface area contributed by atoms with E-state index in [1.54, 1.807) is 48.5 Å². The largest absolute Gasteiger partial charge is 0.427 e. The van der Waals surface area contributed by atoms with E-state index in [4.69, 9.17) is 4.42 Å². The quantitative estimate of drug-likeness (QED) is 0.652. The Morgan fingerprint density at radius 3 is 2.22 bits per heavy atom. The molecule has 0 N–H and O–H groups in total. The molecule has 1 aliphatic heterocycles. The molecule has 0 atom stereocenters. The number of nitrogens with zero attached hydrogens (tertiary/aromatic N) is 1. The summed E-state index contributed by atoms with van der Waals surface area (Å²) >= 11 is 0. The van der Waals surface area contributed by atoms with E-state index in [1.165, 1.54) is 0 Å². The number of amides is 2. The van der Waals surface area contributed by atoms with Gasteiger partial charge in [0.15, 0.2) is 5.78 Å². The Hall–Kier alpha value is -3.54. The molecule has 134 valence electrons. The van der Waals surface area contributed by atoms with E-state index in [0.717, 1.165) is 10.3 Å². The van der Waals surface area contributed by atoms with Crippen molar-refractivity contribution >= 4 is 28.4 Å². The van der Waals surface area contributed by atoms with Crippen LogP contribution in [0.5, 0.6) is 0 Å². The van der Waals surface area contributed by atoms with Gasteiger partial charge in [0.05, 0.1) is 23.1 Å². The van der Waals surface area contributed by atoms with Crippen molar-refractivity contribution in [3.8, 4) is 0 Å². The van der Waals surface area contributed by atoms with E-state index in [-0.39, 0.29) is 25.2 Å². The van der Waals surface area contributed by atoms with Crippen molar-refractivity contribution < 1.29 is 18.8 Å². The average Bonchev–Trinajstić information content (AvgIpc) is 2.92. The smallest absolute Gasteiger partial charge is 0.343 e. The number of ketones is 1. The molecule has 0 saturated heterocycles. The molecule has 27 heavy (non-hydrogen) atoms. The lowest BCUT2D eigenvalue weighted by atomic mass is 10.1. The van der Waals surface area contributed by atoms with E-state index in [1.807, 2.05) is 6.07 Å². The maximum atomic E-state index is 12.3. The van der Waals surface area contributed by atoms with Gasteiger partial charge in [-0.3, -0.25) is 19.3 Å². The van der Waals surface area contributed by atoms with Gasteiger partial charge in [0.25, 0.3) is 11.8 Å². The van der Waals surface area contributed by atoms with Gasteiger partial charge in [-0.05, 0) is 29.7 Å². The molecule has 0 spiro atoms. The molecule has 2 aromatic carbocycles. The topological polar surface area (TPSA) is 84.7 Å². The fourth-order valence-corrected chi connectivity index (χ4v) is 3.21. The molecule has 6 heteroatoms. The molecule has 4 rings (SSSR count). The van der Waals surface area contributed by atoms with Crippen molar-refractivity contribution in [1.29, 1.82) is 0 Å². The minimum Gasteiger partial charge on any atom is -0.427 e. The van der Waals surface area contributed by atoms with Crippen LogP contribution in [0.15, 0.2) is 63.8 Å². The van der Waals surface area contributed by atoms with E-state index in [9.17, 15) is 19.2 Å². The fraction of sp³-hybridized carbons (Fsp3) is 0.143. The van der Waals surface area contributed by atoms with E-state index >= 15 is 0 Å². The molecule has 0 aliphatic carbocycles. The summed E-state index contributed by atoms with van der Waals surface area (Å²) in [6.45, 7) is -0.288. The monoisotopic (exact) mass is 361 g/mol. The lowest BCUT2D eigenvalue weighted by Crippen LogP contribution is -2.35. The van der Waals surface area contributed by atoms with Crippen molar-refractivity contribution in [1.82, 2.24) is 4.90 Å². The zero-order chi connectivity index (χ0) is 19.0. The minimum atomic E-state index is -0.457. The SMILES string of the molecule is O=C(CCc1cc2ccccc2c(=O)o1)CN1C(=O)c2ccccc2C1=O. The van der Waals surface area contributed by atoms with Crippen LogP contribution in [0.1, 0.15) is 32.9 Å². The van der Waals surface area contributed by atoms with Crippen molar-refractivity contribution in [2.24, 2.45) is 0 Å². The number of aryl methyl sites for hydroxylation is 1. The molecular weight excluding hydrogens is 346 g/mol. The van der Waals surface area contributed by atoms with Crippen LogP contribution in [0.25, 0.3) is 10.8 Å². The molecule has 1 aliphatic rings. The number of hydrogen-bond donors (Lipinski definition) is 0. The van der Waals surface area contributed by atoms with Crippen LogP contribution in [0.2, 0.25) is 0 Å². The second kappa shape index (κ2) is 6.64. The van der Waals surface area contributed by atoms with Crippen molar-refractivity contribution in [2.75, 3.05) is 6.54 Å². The lowest BCUT2D eigenvalue weighted by Gasteiger charge is -2.12. The molecule has 0 radical (unpaired) electrons. The van der Waals surface area contributed by atoms with Gasteiger partial charge in [0.2, 0.25) is 0 Å². The van der Waals surface area contributed by atoms with E-state index in [2.05, 4.69) is 0 Å². The number of hydrogen-bond acceptors (Lipinski definition) is 5. The highest BCUT2D eigenvalue weighted by molar-refractivity contribution is 6.22. The first kappa shape index (κ1) is 16.9. The molecule has 2 amide bonds. The number of benzene rings is 2. The first-order valence-corrected chi connectivity index (χ1v) is 8.53. The van der Waals surface area contributed by atoms with Crippen LogP contribution in [-0.4, -0.2) is 29.0 Å². The van der Waals surface area contributed by atoms with E-state index in [0.29, 0.717) is 22.3 Å². The Labute approximate surface area is 154 Å². The third-order valence-electron chi connectivity index (χ3n) is 4.58. The Morgan fingerprint density at radius 1 is 0.889 bits per heavy atom. The molecule has 0 unspecified atom stereocenters. The molecule has 1 aromatic heterocycles. The van der Waals surface area contributed by atoms with Crippen LogP contribution >= 0.6 is 0 Å². The van der Waals surface area contributed by atoms with Gasteiger partial charge in [-0.25, -0.2) is 4.79 Å². The van der Waals surface area contributed by atoms with Crippen LogP contribution < -0.4 is 5.63 Å². The van der Waals surface area contributed by atoms with Gasteiger partial charge < -0.3 is 4.42 Å². The van der Waals surface area contributed by atoms with Gasteiger partial charge in [-0.1, -0.05) is 30.3 Å². The first-order chi connectivity index (χ1) is 13.0. The van der Waals surface area contributed by atoms with Gasteiger partial charge in [0, 0.05) is 12.8 Å². The predicted octanol–water partition coefficient (Wildman–Crippen LogP) is 2.59. The number of rotatable bonds is 5. The first-order valence-electron chi connectivity index (χ1n) is 8.53. The second-order valence-electron chi connectivity index (χ2n) is 6.37. The van der Waals surface area contributed by atoms with Crippen LogP contribution in [0.4, 0.5) is 0 Å². The summed E-state index contributed by atoms with van der Waals surface area (Å²) in [5.41, 5.74) is 0.183. The number of fused-ring (bicyclic) bond motifs is 2. The summed E-state index contributed by atoms with van der Waals surface area (Å²) in [7, 11) is 0. The summed E-state index contributed by atoms with van der Waals surface area (Å²) in [5.74, 6) is -0.794. The third-order valence-corrected chi connectivity index (χ3v) is 4.58. The zero-order valence-corrected chi connectivity index (χ0v) is 14.3. The Morgan fingerprint density at radius 2 is 1.52 bits per heavy atom. The van der Waals surface area contributed by atoms with Gasteiger partial charge in [-0.2, -0.15) is 0 Å². The maximum Gasteiger partial charge on any atom is 0.343 e. The highest BCUT2D eigenvalue weighted by atomic mass is 16.4. The summed E-state index contributed by atoms with van der Waals surface area (Å²) in [4.78, 5) is 49.8. The number of carbonyl (C=O) groups is 3. The van der Waals surface area contributed by atoms with E-state index < -0.39 is 17.4 Å². The summed E-state index contributed by atoms with van der Waals surface area (Å²) in [6.07, 6.45) is 0.288. The summed E-state index contributed by atoms with van der Waals surface area (Å²) in [6, 6.07) is 15.3. The number of Topliss-reactive ketones (excluding diaryl/α,β-unsaturated/α-hetero) is 1. The van der Waals surface area contributed by atoms with Gasteiger partial charge in [-0.15, -0.1) is 0 Å². The Balaban J connectivity index is 1.45. The molecular formula is C21H15NO5. The standard InChI is InChI=1S/C21H15NO5/c23-14(12-22-19(24)17-7-3-4-8-18(17)20(22)25)9-10-15-11-13-5-1-2-6-16(13)21(26)27-15/h1-8,11H,9-10,12H2. The molecule has 2 heterocycles. The Bertz CT molecular complexity index is 1110. The number of imide groups is 1. The van der Waals surface area contributed by atoms with Crippen LogP contribution in [0, 0.1) is 0 Å². The minimum absolute atomic E-state index is 0.0642. The van der Waals surface area contributed by atoms with Crippen molar-refractivity contribution in [3.05, 3.63) is 81.9 Å². The predicted molar refractivity (Wildman–Crippen MR) is 97.6 cm³/mol. The Kier molecular flexibility index (Phi) is 4.16. The second-order valence-corrected chi connectivity index (χ2v) is 6.37.